The highest BCUT2D eigenvalue weighted by Crippen LogP contribution is 2.18. The summed E-state index contributed by atoms with van der Waals surface area (Å²) in [6.45, 7) is 11.4. The standard InChI is InChI=1S/C20H39N3O2/c1-3-5-12-23-13-7-6-8-19(23)17-21-18-9-14-22(15-10-18)16-11-20(24)25-4-2/h18-19,21H,3-17H2,1-2H3. The second-order valence-electron chi connectivity index (χ2n) is 7.62. The first-order valence-corrected chi connectivity index (χ1v) is 10.6. The van der Waals surface area contributed by atoms with Crippen molar-refractivity contribution in [1.29, 1.82) is 0 Å². The minimum atomic E-state index is -0.0628. The van der Waals surface area contributed by atoms with Crippen LogP contribution in [-0.2, 0) is 9.53 Å². The van der Waals surface area contributed by atoms with Crippen LogP contribution in [0, 0.1) is 0 Å². The van der Waals surface area contributed by atoms with Gasteiger partial charge in [0.15, 0.2) is 0 Å². The summed E-state index contributed by atoms with van der Waals surface area (Å²) in [4.78, 5) is 16.6. The number of carbonyl (C=O) groups excluding carboxylic acids is 1. The molecule has 0 amide bonds. The Kier molecular flexibility index (Phi) is 9.81. The molecule has 0 bridgehead atoms. The Labute approximate surface area is 154 Å². The number of likely N-dealkylation sites (tertiary alicyclic amines) is 2. The van der Waals surface area contributed by atoms with Gasteiger partial charge < -0.3 is 15.0 Å². The van der Waals surface area contributed by atoms with Crippen LogP contribution in [-0.4, -0.2) is 73.7 Å². The zero-order chi connectivity index (χ0) is 17.9. The summed E-state index contributed by atoms with van der Waals surface area (Å²) in [5, 5.41) is 3.84. The normalized spacial score (nSPS) is 23.7. The Hall–Kier alpha value is -0.650. The summed E-state index contributed by atoms with van der Waals surface area (Å²) < 4.78 is 5.02. The van der Waals surface area contributed by atoms with E-state index in [1.165, 1.54) is 58.0 Å². The molecule has 2 aliphatic rings. The second-order valence-corrected chi connectivity index (χ2v) is 7.62. The van der Waals surface area contributed by atoms with Gasteiger partial charge >= 0.3 is 5.97 Å². The first-order valence-electron chi connectivity index (χ1n) is 10.6. The summed E-state index contributed by atoms with van der Waals surface area (Å²) in [6, 6.07) is 1.39. The van der Waals surface area contributed by atoms with Crippen molar-refractivity contribution in [1.82, 2.24) is 15.1 Å². The number of nitrogens with zero attached hydrogens (tertiary/aromatic N) is 2. The van der Waals surface area contributed by atoms with Gasteiger partial charge in [-0.2, -0.15) is 0 Å². The minimum absolute atomic E-state index is 0.0628. The van der Waals surface area contributed by atoms with E-state index in [4.69, 9.17) is 4.74 Å². The average Bonchev–Trinajstić information content (AvgIpc) is 2.65. The van der Waals surface area contributed by atoms with Crippen LogP contribution >= 0.6 is 0 Å². The van der Waals surface area contributed by atoms with Crippen LogP contribution < -0.4 is 5.32 Å². The van der Waals surface area contributed by atoms with E-state index in [1.807, 2.05) is 6.92 Å². The lowest BCUT2D eigenvalue weighted by Crippen LogP contribution is -2.50. The van der Waals surface area contributed by atoms with Gasteiger partial charge in [0.05, 0.1) is 13.0 Å². The maximum Gasteiger partial charge on any atom is 0.307 e. The number of piperidine rings is 2. The highest BCUT2D eigenvalue weighted by atomic mass is 16.5. The predicted octanol–water partition coefficient (Wildman–Crippen LogP) is 2.65. The van der Waals surface area contributed by atoms with Crippen LogP contribution in [0.2, 0.25) is 0 Å². The summed E-state index contributed by atoms with van der Waals surface area (Å²) in [5.74, 6) is -0.0628. The number of unbranched alkanes of at least 4 members (excludes halogenated alkanes) is 1. The molecule has 0 aromatic rings. The molecule has 2 aliphatic heterocycles. The molecule has 1 unspecified atom stereocenters. The quantitative estimate of drug-likeness (QED) is 0.612. The molecule has 0 saturated carbocycles. The van der Waals surface area contributed by atoms with Gasteiger partial charge in [-0.3, -0.25) is 9.69 Å². The molecule has 0 radical (unpaired) electrons. The Bertz CT molecular complexity index is 370. The molecule has 2 rings (SSSR count). The highest BCUT2D eigenvalue weighted by Gasteiger charge is 2.24. The summed E-state index contributed by atoms with van der Waals surface area (Å²) in [6.07, 6.45) is 9.67. The SMILES string of the molecule is CCCCN1CCCCC1CNC1CCN(CCC(=O)OCC)CC1. The fourth-order valence-electron chi connectivity index (χ4n) is 4.09. The van der Waals surface area contributed by atoms with Crippen LogP contribution in [0.15, 0.2) is 0 Å². The molecule has 1 N–H and O–H groups in total. The molecule has 0 spiro atoms. The van der Waals surface area contributed by atoms with E-state index in [2.05, 4.69) is 22.0 Å². The van der Waals surface area contributed by atoms with Gasteiger partial charge in [0, 0.05) is 25.2 Å². The maximum atomic E-state index is 11.5. The number of esters is 1. The van der Waals surface area contributed by atoms with E-state index in [0.717, 1.165) is 32.2 Å². The molecule has 5 nitrogen and oxygen atoms in total. The Morgan fingerprint density at radius 1 is 1.08 bits per heavy atom. The van der Waals surface area contributed by atoms with E-state index < -0.39 is 0 Å². The third-order valence-corrected chi connectivity index (χ3v) is 5.72. The highest BCUT2D eigenvalue weighted by molar-refractivity contribution is 5.69. The van der Waals surface area contributed by atoms with Crippen molar-refractivity contribution in [2.45, 2.75) is 77.3 Å². The lowest BCUT2D eigenvalue weighted by molar-refractivity contribution is -0.143. The van der Waals surface area contributed by atoms with Gasteiger partial charge in [-0.05, 0) is 65.2 Å². The van der Waals surface area contributed by atoms with Crippen molar-refractivity contribution in [3.63, 3.8) is 0 Å². The number of ether oxygens (including phenoxy) is 1. The molecule has 0 aliphatic carbocycles. The Balaban J connectivity index is 1.61. The van der Waals surface area contributed by atoms with E-state index >= 15 is 0 Å². The van der Waals surface area contributed by atoms with E-state index in [0.29, 0.717) is 19.1 Å². The lowest BCUT2D eigenvalue weighted by Gasteiger charge is -2.38. The minimum Gasteiger partial charge on any atom is -0.466 e. The molecule has 1 atom stereocenters. The molecule has 0 aromatic heterocycles. The molecular weight excluding hydrogens is 314 g/mol. The van der Waals surface area contributed by atoms with Crippen molar-refractivity contribution in [3.8, 4) is 0 Å². The third-order valence-electron chi connectivity index (χ3n) is 5.72. The zero-order valence-corrected chi connectivity index (χ0v) is 16.5. The Morgan fingerprint density at radius 3 is 2.60 bits per heavy atom. The first kappa shape index (κ1) is 20.7. The smallest absolute Gasteiger partial charge is 0.307 e. The zero-order valence-electron chi connectivity index (χ0n) is 16.5. The van der Waals surface area contributed by atoms with Gasteiger partial charge in [-0.15, -0.1) is 0 Å². The van der Waals surface area contributed by atoms with E-state index in [1.54, 1.807) is 0 Å². The molecular formula is C20H39N3O2. The third kappa shape index (κ3) is 7.63. The average molecular weight is 354 g/mol. The van der Waals surface area contributed by atoms with Crippen molar-refractivity contribution >= 4 is 5.97 Å². The fourth-order valence-corrected chi connectivity index (χ4v) is 4.09. The van der Waals surface area contributed by atoms with Gasteiger partial charge in [-0.1, -0.05) is 19.8 Å². The van der Waals surface area contributed by atoms with Gasteiger partial charge in [0.1, 0.15) is 0 Å². The topological polar surface area (TPSA) is 44.8 Å². The summed E-state index contributed by atoms with van der Waals surface area (Å²) >= 11 is 0. The maximum absolute atomic E-state index is 11.5. The lowest BCUT2D eigenvalue weighted by atomic mass is 9.99. The van der Waals surface area contributed by atoms with Gasteiger partial charge in [0.2, 0.25) is 0 Å². The van der Waals surface area contributed by atoms with E-state index in [-0.39, 0.29) is 5.97 Å². The molecule has 146 valence electrons. The monoisotopic (exact) mass is 353 g/mol. The van der Waals surface area contributed by atoms with Crippen LogP contribution in [0.1, 0.15) is 65.2 Å². The van der Waals surface area contributed by atoms with Gasteiger partial charge in [0.25, 0.3) is 0 Å². The fraction of sp³-hybridized carbons (Fsp3) is 0.950. The molecule has 25 heavy (non-hydrogen) atoms. The van der Waals surface area contributed by atoms with Crippen molar-refractivity contribution in [3.05, 3.63) is 0 Å². The molecule has 2 fully saturated rings. The van der Waals surface area contributed by atoms with Crippen LogP contribution in [0.25, 0.3) is 0 Å². The number of carbonyl (C=O) groups is 1. The number of rotatable bonds is 10. The van der Waals surface area contributed by atoms with Crippen LogP contribution in [0.3, 0.4) is 0 Å². The molecule has 2 saturated heterocycles. The summed E-state index contributed by atoms with van der Waals surface area (Å²) in [5.41, 5.74) is 0. The second kappa shape index (κ2) is 11.9. The van der Waals surface area contributed by atoms with Gasteiger partial charge in [-0.25, -0.2) is 0 Å². The Morgan fingerprint density at radius 2 is 1.88 bits per heavy atom. The van der Waals surface area contributed by atoms with Crippen molar-refractivity contribution < 1.29 is 9.53 Å². The van der Waals surface area contributed by atoms with Crippen molar-refractivity contribution in [2.75, 3.05) is 45.9 Å². The molecule has 5 heteroatoms. The first-order chi connectivity index (χ1) is 12.2. The molecule has 2 heterocycles. The predicted molar refractivity (Wildman–Crippen MR) is 103 cm³/mol. The number of hydrogen-bond donors (Lipinski definition) is 1. The molecule has 0 aromatic carbocycles. The van der Waals surface area contributed by atoms with Crippen LogP contribution in [0.4, 0.5) is 0 Å². The largest absolute Gasteiger partial charge is 0.466 e. The summed E-state index contributed by atoms with van der Waals surface area (Å²) in [7, 11) is 0. The number of hydrogen-bond acceptors (Lipinski definition) is 5. The van der Waals surface area contributed by atoms with Crippen LogP contribution in [0.5, 0.6) is 0 Å². The number of nitrogens with one attached hydrogen (secondary N) is 1. The van der Waals surface area contributed by atoms with E-state index in [9.17, 15) is 4.79 Å². The van der Waals surface area contributed by atoms with Crippen molar-refractivity contribution in [2.24, 2.45) is 0 Å².